The highest BCUT2D eigenvalue weighted by Crippen LogP contribution is 2.30. The SMILES string of the molecule is O=C1NCCN(Cc2csnn2)C1c1ccccc1Cl. The van der Waals surface area contributed by atoms with Crippen LogP contribution in [0.2, 0.25) is 5.02 Å². The van der Waals surface area contributed by atoms with E-state index in [4.69, 9.17) is 11.6 Å². The quantitative estimate of drug-likeness (QED) is 0.940. The third-order valence-electron chi connectivity index (χ3n) is 3.28. The lowest BCUT2D eigenvalue weighted by Gasteiger charge is -2.35. The summed E-state index contributed by atoms with van der Waals surface area (Å²) in [5, 5.41) is 9.45. The second-order valence-electron chi connectivity index (χ2n) is 4.58. The van der Waals surface area contributed by atoms with E-state index in [2.05, 4.69) is 19.8 Å². The molecule has 1 aromatic carbocycles. The molecule has 0 aliphatic carbocycles. The van der Waals surface area contributed by atoms with Gasteiger partial charge >= 0.3 is 0 Å². The van der Waals surface area contributed by atoms with Gasteiger partial charge in [-0.25, -0.2) is 0 Å². The average Bonchev–Trinajstić information content (AvgIpc) is 2.93. The Labute approximate surface area is 125 Å². The zero-order valence-electron chi connectivity index (χ0n) is 10.6. The highest BCUT2D eigenvalue weighted by molar-refractivity contribution is 7.03. The van der Waals surface area contributed by atoms with Gasteiger partial charge in [0.1, 0.15) is 6.04 Å². The molecule has 1 atom stereocenters. The molecule has 3 rings (SSSR count). The molecule has 1 amide bonds. The van der Waals surface area contributed by atoms with Crippen molar-refractivity contribution in [3.8, 4) is 0 Å². The minimum atomic E-state index is -0.376. The molecule has 0 saturated carbocycles. The number of nitrogens with one attached hydrogen (secondary N) is 1. The van der Waals surface area contributed by atoms with Crippen LogP contribution < -0.4 is 5.32 Å². The molecule has 2 heterocycles. The van der Waals surface area contributed by atoms with Gasteiger partial charge in [0, 0.05) is 30.0 Å². The van der Waals surface area contributed by atoms with Gasteiger partial charge < -0.3 is 5.32 Å². The average molecular weight is 309 g/mol. The monoisotopic (exact) mass is 308 g/mol. The van der Waals surface area contributed by atoms with E-state index >= 15 is 0 Å². The third-order valence-corrected chi connectivity index (χ3v) is 4.18. The summed E-state index contributed by atoms with van der Waals surface area (Å²) in [6, 6.07) is 7.08. The molecule has 104 valence electrons. The first-order valence-corrected chi connectivity index (χ1v) is 7.49. The lowest BCUT2D eigenvalue weighted by Crippen LogP contribution is -2.49. The van der Waals surface area contributed by atoms with Crippen molar-refractivity contribution in [2.24, 2.45) is 0 Å². The molecule has 5 nitrogen and oxygen atoms in total. The zero-order chi connectivity index (χ0) is 13.9. The summed E-state index contributed by atoms with van der Waals surface area (Å²) in [6.45, 7) is 2.00. The first kappa shape index (κ1) is 13.5. The number of carbonyl (C=O) groups excluding carboxylic acids is 1. The van der Waals surface area contributed by atoms with Crippen molar-refractivity contribution in [3.63, 3.8) is 0 Å². The Morgan fingerprint density at radius 3 is 3.05 bits per heavy atom. The van der Waals surface area contributed by atoms with Crippen molar-refractivity contribution < 1.29 is 4.79 Å². The van der Waals surface area contributed by atoms with Crippen LogP contribution in [0.4, 0.5) is 0 Å². The summed E-state index contributed by atoms with van der Waals surface area (Å²) in [5.74, 6) is -0.0208. The second kappa shape index (κ2) is 5.87. The zero-order valence-corrected chi connectivity index (χ0v) is 12.2. The Hall–Kier alpha value is -1.50. The van der Waals surface area contributed by atoms with Crippen molar-refractivity contribution in [1.29, 1.82) is 0 Å². The second-order valence-corrected chi connectivity index (χ2v) is 5.60. The molecule has 7 heteroatoms. The number of piperazine rings is 1. The molecule has 2 aromatic rings. The van der Waals surface area contributed by atoms with E-state index in [1.54, 1.807) is 6.07 Å². The Kier molecular flexibility index (Phi) is 3.95. The van der Waals surface area contributed by atoms with Gasteiger partial charge in [-0.15, -0.1) is 5.10 Å². The number of aromatic nitrogens is 2. The molecule has 0 bridgehead atoms. The summed E-state index contributed by atoms with van der Waals surface area (Å²) < 4.78 is 3.86. The number of hydrogen-bond acceptors (Lipinski definition) is 5. The normalized spacial score (nSPS) is 19.9. The van der Waals surface area contributed by atoms with Crippen molar-refractivity contribution in [1.82, 2.24) is 19.8 Å². The molecule has 1 N–H and O–H groups in total. The Morgan fingerprint density at radius 1 is 1.45 bits per heavy atom. The summed E-state index contributed by atoms with van der Waals surface area (Å²) in [7, 11) is 0. The molecular formula is C13H13ClN4OS. The standard InChI is InChI=1S/C13H13ClN4OS/c14-11-4-2-1-3-10(11)12-13(19)15-5-6-18(12)7-9-8-20-17-16-9/h1-4,8,12H,5-7H2,(H,15,19). The van der Waals surface area contributed by atoms with Crippen molar-refractivity contribution in [3.05, 3.63) is 45.9 Å². The van der Waals surface area contributed by atoms with Gasteiger partial charge in [0.2, 0.25) is 5.91 Å². The molecule has 0 radical (unpaired) electrons. The first-order chi connectivity index (χ1) is 9.75. The topological polar surface area (TPSA) is 58.1 Å². The molecule has 1 unspecified atom stereocenters. The fraction of sp³-hybridized carbons (Fsp3) is 0.308. The number of amides is 1. The van der Waals surface area contributed by atoms with Crippen LogP contribution in [0.15, 0.2) is 29.6 Å². The van der Waals surface area contributed by atoms with E-state index < -0.39 is 0 Å². The predicted molar refractivity (Wildman–Crippen MR) is 77.5 cm³/mol. The van der Waals surface area contributed by atoms with Crippen molar-refractivity contribution in [2.75, 3.05) is 13.1 Å². The number of benzene rings is 1. The van der Waals surface area contributed by atoms with Crippen molar-refractivity contribution >= 4 is 29.0 Å². The van der Waals surface area contributed by atoms with Gasteiger partial charge in [0.05, 0.1) is 5.69 Å². The van der Waals surface area contributed by atoms with Gasteiger partial charge in [-0.3, -0.25) is 9.69 Å². The summed E-state index contributed by atoms with van der Waals surface area (Å²) >= 11 is 7.55. The molecule has 1 saturated heterocycles. The van der Waals surface area contributed by atoms with Crippen LogP contribution in [-0.2, 0) is 11.3 Å². The van der Waals surface area contributed by atoms with E-state index in [0.717, 1.165) is 17.8 Å². The fourth-order valence-electron chi connectivity index (χ4n) is 2.38. The Morgan fingerprint density at radius 2 is 2.30 bits per heavy atom. The Balaban J connectivity index is 1.91. The maximum atomic E-state index is 12.2. The molecule has 1 aliphatic heterocycles. The molecule has 1 aromatic heterocycles. The predicted octanol–water partition coefficient (Wildman–Crippen LogP) is 1.86. The lowest BCUT2D eigenvalue weighted by molar-refractivity contribution is -0.129. The lowest BCUT2D eigenvalue weighted by atomic mass is 10.0. The molecule has 1 aliphatic rings. The van der Waals surface area contributed by atoms with Crippen LogP contribution >= 0.6 is 23.1 Å². The fourth-order valence-corrected chi connectivity index (χ4v) is 3.06. The van der Waals surface area contributed by atoms with Crippen LogP contribution in [0, 0.1) is 0 Å². The van der Waals surface area contributed by atoms with E-state index in [1.165, 1.54) is 11.5 Å². The highest BCUT2D eigenvalue weighted by Gasteiger charge is 2.32. The number of halogens is 1. The summed E-state index contributed by atoms with van der Waals surface area (Å²) in [6.07, 6.45) is 0. The van der Waals surface area contributed by atoms with E-state index in [9.17, 15) is 4.79 Å². The maximum Gasteiger partial charge on any atom is 0.242 e. The summed E-state index contributed by atoms with van der Waals surface area (Å²) in [4.78, 5) is 14.3. The number of rotatable bonds is 3. The third kappa shape index (κ3) is 2.67. The van der Waals surface area contributed by atoms with Crippen LogP contribution in [0.25, 0.3) is 0 Å². The molecule has 20 heavy (non-hydrogen) atoms. The Bertz CT molecular complexity index is 604. The molecule has 0 spiro atoms. The first-order valence-electron chi connectivity index (χ1n) is 6.28. The van der Waals surface area contributed by atoms with Crippen LogP contribution in [-0.4, -0.2) is 33.5 Å². The minimum absolute atomic E-state index is 0.0208. The summed E-state index contributed by atoms with van der Waals surface area (Å²) in [5.41, 5.74) is 1.70. The number of hydrogen-bond donors (Lipinski definition) is 1. The van der Waals surface area contributed by atoms with Crippen LogP contribution in [0.5, 0.6) is 0 Å². The minimum Gasteiger partial charge on any atom is -0.353 e. The number of carbonyl (C=O) groups is 1. The van der Waals surface area contributed by atoms with E-state index in [0.29, 0.717) is 18.1 Å². The number of nitrogens with zero attached hydrogens (tertiary/aromatic N) is 3. The van der Waals surface area contributed by atoms with Gasteiger partial charge in [0.15, 0.2) is 0 Å². The van der Waals surface area contributed by atoms with Gasteiger partial charge in [0.25, 0.3) is 0 Å². The maximum absolute atomic E-state index is 12.2. The van der Waals surface area contributed by atoms with Gasteiger partial charge in [-0.05, 0) is 23.2 Å². The highest BCUT2D eigenvalue weighted by atomic mass is 35.5. The van der Waals surface area contributed by atoms with Crippen LogP contribution in [0.1, 0.15) is 17.3 Å². The molecule has 1 fully saturated rings. The largest absolute Gasteiger partial charge is 0.353 e. The smallest absolute Gasteiger partial charge is 0.242 e. The van der Waals surface area contributed by atoms with Gasteiger partial charge in [-0.2, -0.15) is 0 Å². The van der Waals surface area contributed by atoms with Gasteiger partial charge in [-0.1, -0.05) is 34.3 Å². The van der Waals surface area contributed by atoms with E-state index in [-0.39, 0.29) is 11.9 Å². The van der Waals surface area contributed by atoms with Crippen LogP contribution in [0.3, 0.4) is 0 Å². The van der Waals surface area contributed by atoms with Crippen molar-refractivity contribution in [2.45, 2.75) is 12.6 Å². The van der Waals surface area contributed by atoms with E-state index in [1.807, 2.05) is 23.6 Å². The molecular weight excluding hydrogens is 296 g/mol.